The Hall–Kier alpha value is -1.81. The molecule has 0 saturated carbocycles. The van der Waals surface area contributed by atoms with Crippen molar-refractivity contribution in [2.75, 3.05) is 19.6 Å². The molecule has 6 bridgehead atoms. The molecule has 5 heterocycles. The highest BCUT2D eigenvalue weighted by molar-refractivity contribution is 5.78. The lowest BCUT2D eigenvalue weighted by Crippen LogP contribution is -2.48. The van der Waals surface area contributed by atoms with Gasteiger partial charge in [-0.3, -0.25) is 4.79 Å². The van der Waals surface area contributed by atoms with Crippen LogP contribution in [0, 0.1) is 5.41 Å². The van der Waals surface area contributed by atoms with Gasteiger partial charge in [-0.2, -0.15) is 0 Å². The fourth-order valence-corrected chi connectivity index (χ4v) is 6.93. The van der Waals surface area contributed by atoms with Gasteiger partial charge >= 0.3 is 0 Å². The first kappa shape index (κ1) is 21.1. The van der Waals surface area contributed by atoms with Gasteiger partial charge in [0.05, 0.1) is 12.1 Å². The summed E-state index contributed by atoms with van der Waals surface area (Å²) in [6.45, 7) is 9.73. The van der Waals surface area contributed by atoms with E-state index in [-0.39, 0.29) is 23.4 Å². The Balaban J connectivity index is 1.56. The maximum absolute atomic E-state index is 13.5. The molecule has 1 aliphatic carbocycles. The molecule has 1 spiro atoms. The van der Waals surface area contributed by atoms with Crippen molar-refractivity contribution < 1.29 is 9.21 Å². The zero-order chi connectivity index (χ0) is 21.4. The van der Waals surface area contributed by atoms with Gasteiger partial charge in [-0.15, -0.1) is 6.58 Å². The SMILES string of the molecule is C=C[C@H]1C[C@@]23CN4CCCC/C=C\CCc5cc(c(o5)[C@@H]2N1C(=O)CCCC)[C@@H]3CC4. The zero-order valence-corrected chi connectivity index (χ0v) is 19.2. The van der Waals surface area contributed by atoms with Gasteiger partial charge in [0, 0.05) is 24.8 Å². The van der Waals surface area contributed by atoms with E-state index in [0.29, 0.717) is 12.3 Å². The highest BCUT2D eigenvalue weighted by atomic mass is 16.3. The van der Waals surface area contributed by atoms with Crippen molar-refractivity contribution in [3.8, 4) is 0 Å². The smallest absolute Gasteiger partial charge is 0.223 e. The molecule has 1 aromatic heterocycles. The first-order valence-corrected chi connectivity index (χ1v) is 12.6. The molecule has 5 atom stereocenters. The van der Waals surface area contributed by atoms with E-state index < -0.39 is 0 Å². The Morgan fingerprint density at radius 1 is 1.29 bits per heavy atom. The molecule has 4 nitrogen and oxygen atoms in total. The number of carbonyl (C=O) groups is 1. The molecule has 0 radical (unpaired) electrons. The molecular weight excluding hydrogens is 384 g/mol. The third-order valence-corrected chi connectivity index (χ3v) is 8.30. The van der Waals surface area contributed by atoms with E-state index in [0.717, 1.165) is 56.7 Å². The number of likely N-dealkylation sites (tertiary alicyclic amines) is 1. The van der Waals surface area contributed by atoms with Crippen LogP contribution in [0.5, 0.6) is 0 Å². The Labute approximate surface area is 187 Å². The van der Waals surface area contributed by atoms with E-state index in [1.807, 2.05) is 6.08 Å². The van der Waals surface area contributed by atoms with Crippen LogP contribution < -0.4 is 0 Å². The highest BCUT2D eigenvalue weighted by Crippen LogP contribution is 2.67. The molecule has 2 fully saturated rings. The summed E-state index contributed by atoms with van der Waals surface area (Å²) in [4.78, 5) is 18.3. The number of rotatable bonds is 4. The summed E-state index contributed by atoms with van der Waals surface area (Å²) in [5.41, 5.74) is 1.50. The van der Waals surface area contributed by atoms with Crippen molar-refractivity contribution in [2.45, 2.75) is 89.1 Å². The molecule has 1 aromatic rings. The first-order chi connectivity index (χ1) is 15.2. The van der Waals surface area contributed by atoms with Crippen LogP contribution >= 0.6 is 0 Å². The summed E-state index contributed by atoms with van der Waals surface area (Å²) in [6, 6.07) is 2.55. The molecule has 1 unspecified atom stereocenters. The largest absolute Gasteiger partial charge is 0.464 e. The van der Waals surface area contributed by atoms with Crippen molar-refractivity contribution in [2.24, 2.45) is 5.41 Å². The van der Waals surface area contributed by atoms with Gasteiger partial charge < -0.3 is 14.2 Å². The minimum atomic E-state index is 0.0806. The molecule has 2 saturated heterocycles. The molecule has 31 heavy (non-hydrogen) atoms. The van der Waals surface area contributed by atoms with Crippen molar-refractivity contribution in [1.82, 2.24) is 9.80 Å². The highest BCUT2D eigenvalue weighted by Gasteiger charge is 2.65. The number of amides is 1. The molecule has 6 rings (SSSR count). The van der Waals surface area contributed by atoms with Crippen LogP contribution in [0.4, 0.5) is 0 Å². The van der Waals surface area contributed by atoms with Crippen LogP contribution in [0.3, 0.4) is 0 Å². The minimum Gasteiger partial charge on any atom is -0.464 e. The Bertz CT molecular complexity index is 855. The number of furan rings is 1. The van der Waals surface area contributed by atoms with Crippen LogP contribution in [0.25, 0.3) is 0 Å². The normalized spacial score (nSPS) is 35.6. The molecule has 5 aliphatic rings. The van der Waals surface area contributed by atoms with Crippen molar-refractivity contribution in [3.05, 3.63) is 48.0 Å². The van der Waals surface area contributed by atoms with Gasteiger partial charge in [0.2, 0.25) is 5.91 Å². The second kappa shape index (κ2) is 8.61. The molecule has 4 heteroatoms. The van der Waals surface area contributed by atoms with Gasteiger partial charge in [-0.05, 0) is 75.6 Å². The van der Waals surface area contributed by atoms with E-state index in [2.05, 4.69) is 41.5 Å². The summed E-state index contributed by atoms with van der Waals surface area (Å²) in [5.74, 6) is 3.00. The Morgan fingerprint density at radius 3 is 3.00 bits per heavy atom. The number of allylic oxidation sites excluding steroid dienone is 2. The molecular formula is C27H38N2O2. The lowest BCUT2D eigenvalue weighted by molar-refractivity contribution is -0.135. The zero-order valence-electron chi connectivity index (χ0n) is 19.2. The number of hydrogen-bond acceptors (Lipinski definition) is 3. The Morgan fingerprint density at radius 2 is 2.16 bits per heavy atom. The van der Waals surface area contributed by atoms with E-state index in [4.69, 9.17) is 4.42 Å². The van der Waals surface area contributed by atoms with Crippen LogP contribution in [-0.4, -0.2) is 41.4 Å². The summed E-state index contributed by atoms with van der Waals surface area (Å²) in [7, 11) is 0. The molecule has 0 N–H and O–H groups in total. The number of nitrogens with zero attached hydrogens (tertiary/aromatic N) is 2. The Kier molecular flexibility index (Phi) is 5.85. The maximum atomic E-state index is 13.5. The van der Waals surface area contributed by atoms with Gasteiger partial charge in [-0.25, -0.2) is 0 Å². The van der Waals surface area contributed by atoms with E-state index >= 15 is 0 Å². The summed E-state index contributed by atoms with van der Waals surface area (Å²) in [5, 5.41) is 0. The van der Waals surface area contributed by atoms with Crippen LogP contribution in [-0.2, 0) is 11.2 Å². The topological polar surface area (TPSA) is 36.7 Å². The number of unbranched alkanes of at least 4 members (excludes halogenated alkanes) is 1. The van der Waals surface area contributed by atoms with Crippen LogP contribution in [0.1, 0.15) is 93.8 Å². The second-order valence-corrected chi connectivity index (χ2v) is 10.2. The third-order valence-electron chi connectivity index (χ3n) is 8.30. The first-order valence-electron chi connectivity index (χ1n) is 12.6. The van der Waals surface area contributed by atoms with Gasteiger partial charge in [0.15, 0.2) is 0 Å². The standard InChI is InChI=1S/C27H38N2O2/c1-3-5-13-24(30)29-20(4-2)18-27-19-28-15-11-9-7-6-8-10-12-21-17-22(23(27)14-16-28)25(31-21)26(27)29/h4,6,8,17,20,23,26H,2-3,5,7,9-16,18-19H2,1H3/b8-6-/t20-,23-,26-,27-/m0/s1. The predicted octanol–water partition coefficient (Wildman–Crippen LogP) is 5.76. The minimum absolute atomic E-state index is 0.0806. The molecule has 0 aromatic carbocycles. The van der Waals surface area contributed by atoms with Crippen LogP contribution in [0.15, 0.2) is 35.3 Å². The monoisotopic (exact) mass is 422 g/mol. The maximum Gasteiger partial charge on any atom is 0.223 e. The quantitative estimate of drug-likeness (QED) is 0.579. The van der Waals surface area contributed by atoms with Gasteiger partial charge in [0.1, 0.15) is 11.5 Å². The van der Waals surface area contributed by atoms with E-state index in [1.54, 1.807) is 0 Å². The predicted molar refractivity (Wildman–Crippen MR) is 124 cm³/mol. The van der Waals surface area contributed by atoms with Crippen LogP contribution in [0.2, 0.25) is 0 Å². The van der Waals surface area contributed by atoms with Crippen molar-refractivity contribution in [3.63, 3.8) is 0 Å². The van der Waals surface area contributed by atoms with Gasteiger partial charge in [-0.1, -0.05) is 31.6 Å². The lowest BCUT2D eigenvalue weighted by atomic mass is 9.68. The van der Waals surface area contributed by atoms with E-state index in [9.17, 15) is 4.79 Å². The number of carbonyl (C=O) groups excluding carboxylic acids is 1. The number of hydrogen-bond donors (Lipinski definition) is 0. The van der Waals surface area contributed by atoms with Crippen molar-refractivity contribution in [1.29, 1.82) is 0 Å². The second-order valence-electron chi connectivity index (χ2n) is 10.2. The van der Waals surface area contributed by atoms with Crippen molar-refractivity contribution >= 4 is 5.91 Å². The molecule has 1 amide bonds. The summed E-state index contributed by atoms with van der Waals surface area (Å²) < 4.78 is 6.59. The average molecular weight is 423 g/mol. The summed E-state index contributed by atoms with van der Waals surface area (Å²) in [6.07, 6.45) is 17.2. The fourth-order valence-electron chi connectivity index (χ4n) is 6.93. The number of aryl methyl sites for hydroxylation is 1. The number of piperidine rings is 1. The van der Waals surface area contributed by atoms with Gasteiger partial charge in [0.25, 0.3) is 0 Å². The molecule has 168 valence electrons. The molecule has 4 aliphatic heterocycles. The fraction of sp³-hybridized carbons (Fsp3) is 0.667. The van der Waals surface area contributed by atoms with E-state index in [1.165, 1.54) is 37.8 Å². The lowest BCUT2D eigenvalue weighted by Gasteiger charge is -2.45. The summed E-state index contributed by atoms with van der Waals surface area (Å²) >= 11 is 0. The average Bonchev–Trinajstić information content (AvgIpc) is 3.38. The third kappa shape index (κ3) is 3.51. The number of fused-ring (bicyclic) bond motifs is 7.